The van der Waals surface area contributed by atoms with Gasteiger partial charge in [0.05, 0.1) is 6.10 Å². The lowest BCUT2D eigenvalue weighted by molar-refractivity contribution is -0.148. The summed E-state index contributed by atoms with van der Waals surface area (Å²) in [6, 6.07) is 0. The molecule has 0 aliphatic heterocycles. The van der Waals surface area contributed by atoms with Gasteiger partial charge in [0, 0.05) is 6.42 Å². The number of rotatable bonds is 4. The van der Waals surface area contributed by atoms with Crippen molar-refractivity contribution in [2.45, 2.75) is 46.1 Å². The fourth-order valence-corrected chi connectivity index (χ4v) is 0.773. The van der Waals surface area contributed by atoms with E-state index in [0.29, 0.717) is 6.42 Å². The van der Waals surface area contributed by atoms with Gasteiger partial charge in [-0.15, -0.1) is 0 Å². The Morgan fingerprint density at radius 1 is 1.50 bits per heavy atom. The van der Waals surface area contributed by atoms with Crippen LogP contribution in [0.4, 0.5) is 0 Å². The first kappa shape index (κ1) is 9.47. The minimum atomic E-state index is -0.0963. The molecule has 0 aromatic rings. The van der Waals surface area contributed by atoms with E-state index in [0.717, 1.165) is 12.8 Å². The predicted molar refractivity (Wildman–Crippen MR) is 40.8 cm³/mol. The van der Waals surface area contributed by atoms with Crippen molar-refractivity contribution in [3.63, 3.8) is 0 Å². The molecule has 1 atom stereocenters. The van der Waals surface area contributed by atoms with Gasteiger partial charge >= 0.3 is 5.97 Å². The van der Waals surface area contributed by atoms with E-state index in [9.17, 15) is 4.79 Å². The van der Waals surface area contributed by atoms with Crippen LogP contribution in [0, 0.1) is 0 Å². The molecule has 1 unspecified atom stereocenters. The van der Waals surface area contributed by atoms with Crippen molar-refractivity contribution >= 4 is 5.97 Å². The minimum Gasteiger partial charge on any atom is -0.463 e. The number of carbonyl (C=O) groups excluding carboxylic acids is 1. The highest BCUT2D eigenvalue weighted by atomic mass is 16.5. The summed E-state index contributed by atoms with van der Waals surface area (Å²) in [4.78, 5) is 10.7. The van der Waals surface area contributed by atoms with Crippen molar-refractivity contribution < 1.29 is 9.53 Å². The second-order valence-corrected chi connectivity index (χ2v) is 2.44. The molecule has 0 saturated carbocycles. The molecule has 0 fully saturated rings. The first-order chi connectivity index (χ1) is 4.70. The van der Waals surface area contributed by atoms with E-state index >= 15 is 0 Å². The second kappa shape index (κ2) is 5.27. The van der Waals surface area contributed by atoms with Crippen LogP contribution in [-0.4, -0.2) is 12.1 Å². The lowest BCUT2D eigenvalue weighted by atomic mass is 10.2. The SMILES string of the molecule is CCCC(C)OC(=O)CC. The van der Waals surface area contributed by atoms with Gasteiger partial charge in [-0.25, -0.2) is 0 Å². The average Bonchev–Trinajstić information content (AvgIpc) is 1.88. The highest BCUT2D eigenvalue weighted by Crippen LogP contribution is 2.01. The monoisotopic (exact) mass is 144 g/mol. The van der Waals surface area contributed by atoms with Gasteiger partial charge in [0.15, 0.2) is 0 Å². The van der Waals surface area contributed by atoms with Gasteiger partial charge in [0.1, 0.15) is 0 Å². The molecule has 0 saturated heterocycles. The third kappa shape index (κ3) is 4.36. The van der Waals surface area contributed by atoms with E-state index < -0.39 is 0 Å². The first-order valence-corrected chi connectivity index (χ1v) is 3.90. The van der Waals surface area contributed by atoms with E-state index in [2.05, 4.69) is 6.92 Å². The lowest BCUT2D eigenvalue weighted by Gasteiger charge is -2.10. The number of esters is 1. The molecule has 0 heterocycles. The standard InChI is InChI=1S/C8H16O2/c1-4-6-7(3)10-8(9)5-2/h7H,4-6H2,1-3H3. The Labute approximate surface area is 62.6 Å². The Morgan fingerprint density at radius 3 is 2.50 bits per heavy atom. The van der Waals surface area contributed by atoms with Gasteiger partial charge in [0.25, 0.3) is 0 Å². The largest absolute Gasteiger partial charge is 0.463 e. The molecule has 10 heavy (non-hydrogen) atoms. The molecule has 60 valence electrons. The van der Waals surface area contributed by atoms with Crippen LogP contribution in [0.2, 0.25) is 0 Å². The van der Waals surface area contributed by atoms with Gasteiger partial charge < -0.3 is 4.74 Å². The number of hydrogen-bond acceptors (Lipinski definition) is 2. The third-order valence-electron chi connectivity index (χ3n) is 1.32. The summed E-state index contributed by atoms with van der Waals surface area (Å²) in [6.45, 7) is 5.81. The Hall–Kier alpha value is -0.530. The van der Waals surface area contributed by atoms with E-state index in [4.69, 9.17) is 4.74 Å². The molecule has 0 aliphatic carbocycles. The summed E-state index contributed by atoms with van der Waals surface area (Å²) < 4.78 is 5.00. The predicted octanol–water partition coefficient (Wildman–Crippen LogP) is 2.13. The fourth-order valence-electron chi connectivity index (χ4n) is 0.773. The number of hydrogen-bond donors (Lipinski definition) is 0. The maximum atomic E-state index is 10.7. The Bertz CT molecular complexity index is 99.4. The van der Waals surface area contributed by atoms with Crippen LogP contribution in [0.1, 0.15) is 40.0 Å². The Kier molecular flexibility index (Phi) is 4.99. The molecule has 2 heteroatoms. The van der Waals surface area contributed by atoms with Gasteiger partial charge in [-0.05, 0) is 13.3 Å². The van der Waals surface area contributed by atoms with E-state index in [1.807, 2.05) is 6.92 Å². The fraction of sp³-hybridized carbons (Fsp3) is 0.875. The van der Waals surface area contributed by atoms with E-state index in [1.54, 1.807) is 6.92 Å². The molecule has 0 rings (SSSR count). The molecular weight excluding hydrogens is 128 g/mol. The molecule has 0 aromatic carbocycles. The maximum Gasteiger partial charge on any atom is 0.305 e. The summed E-state index contributed by atoms with van der Waals surface area (Å²) in [5, 5.41) is 0. The first-order valence-electron chi connectivity index (χ1n) is 3.90. The molecular formula is C8H16O2. The Balaban J connectivity index is 3.37. The molecule has 0 aromatic heterocycles. The zero-order valence-electron chi connectivity index (χ0n) is 7.02. The van der Waals surface area contributed by atoms with E-state index in [1.165, 1.54) is 0 Å². The normalized spacial score (nSPS) is 12.7. The highest BCUT2D eigenvalue weighted by Gasteiger charge is 2.04. The maximum absolute atomic E-state index is 10.7. The minimum absolute atomic E-state index is 0.0949. The van der Waals surface area contributed by atoms with Crippen molar-refractivity contribution in [2.75, 3.05) is 0 Å². The topological polar surface area (TPSA) is 26.3 Å². The smallest absolute Gasteiger partial charge is 0.305 e. The molecule has 0 bridgehead atoms. The van der Waals surface area contributed by atoms with Gasteiger partial charge in [-0.3, -0.25) is 4.79 Å². The zero-order valence-corrected chi connectivity index (χ0v) is 7.02. The molecule has 0 N–H and O–H groups in total. The number of ether oxygens (including phenoxy) is 1. The molecule has 0 amide bonds. The summed E-state index contributed by atoms with van der Waals surface area (Å²) >= 11 is 0. The lowest BCUT2D eigenvalue weighted by Crippen LogP contribution is -2.13. The summed E-state index contributed by atoms with van der Waals surface area (Å²) in [5.41, 5.74) is 0. The van der Waals surface area contributed by atoms with Gasteiger partial charge in [-0.2, -0.15) is 0 Å². The summed E-state index contributed by atoms with van der Waals surface area (Å²) in [6.07, 6.45) is 2.61. The number of carbonyl (C=O) groups is 1. The average molecular weight is 144 g/mol. The molecule has 2 nitrogen and oxygen atoms in total. The second-order valence-electron chi connectivity index (χ2n) is 2.44. The zero-order chi connectivity index (χ0) is 7.98. The van der Waals surface area contributed by atoms with Crippen molar-refractivity contribution in [1.82, 2.24) is 0 Å². The summed E-state index contributed by atoms with van der Waals surface area (Å²) in [5.74, 6) is -0.0963. The van der Waals surface area contributed by atoms with Crippen molar-refractivity contribution in [3.05, 3.63) is 0 Å². The highest BCUT2D eigenvalue weighted by molar-refractivity contribution is 5.69. The van der Waals surface area contributed by atoms with Crippen LogP contribution < -0.4 is 0 Å². The van der Waals surface area contributed by atoms with Crippen LogP contribution in [0.3, 0.4) is 0 Å². The van der Waals surface area contributed by atoms with Gasteiger partial charge in [0.2, 0.25) is 0 Å². The Morgan fingerprint density at radius 2 is 2.10 bits per heavy atom. The van der Waals surface area contributed by atoms with Crippen molar-refractivity contribution in [1.29, 1.82) is 0 Å². The quantitative estimate of drug-likeness (QED) is 0.565. The summed E-state index contributed by atoms with van der Waals surface area (Å²) in [7, 11) is 0. The molecule has 0 aliphatic rings. The van der Waals surface area contributed by atoms with E-state index in [-0.39, 0.29) is 12.1 Å². The van der Waals surface area contributed by atoms with Crippen molar-refractivity contribution in [3.8, 4) is 0 Å². The van der Waals surface area contributed by atoms with Gasteiger partial charge in [-0.1, -0.05) is 20.3 Å². The third-order valence-corrected chi connectivity index (χ3v) is 1.32. The van der Waals surface area contributed by atoms with Crippen LogP contribution in [0.5, 0.6) is 0 Å². The van der Waals surface area contributed by atoms with Crippen LogP contribution in [0.15, 0.2) is 0 Å². The van der Waals surface area contributed by atoms with Crippen molar-refractivity contribution in [2.24, 2.45) is 0 Å². The molecule has 0 radical (unpaired) electrons. The molecule has 0 spiro atoms. The van der Waals surface area contributed by atoms with Crippen LogP contribution in [-0.2, 0) is 9.53 Å². The van der Waals surface area contributed by atoms with Crippen LogP contribution >= 0.6 is 0 Å². The van der Waals surface area contributed by atoms with Crippen LogP contribution in [0.25, 0.3) is 0 Å².